The van der Waals surface area contributed by atoms with Crippen molar-refractivity contribution in [3.8, 4) is 0 Å². The Kier molecular flexibility index (Phi) is 7.72. The molecule has 9 nitrogen and oxygen atoms in total. The van der Waals surface area contributed by atoms with Gasteiger partial charge in [0, 0.05) is 29.6 Å². The lowest BCUT2D eigenvalue weighted by molar-refractivity contribution is -0.384. The summed E-state index contributed by atoms with van der Waals surface area (Å²) in [6.45, 7) is -0.527. The van der Waals surface area contributed by atoms with Crippen molar-refractivity contribution in [2.75, 3.05) is 31.7 Å². The van der Waals surface area contributed by atoms with Crippen molar-refractivity contribution in [1.82, 2.24) is 10.2 Å². The Labute approximate surface area is 171 Å². The summed E-state index contributed by atoms with van der Waals surface area (Å²) < 4.78 is 0. The van der Waals surface area contributed by atoms with E-state index in [1.165, 1.54) is 41.9 Å². The first-order valence-corrected chi connectivity index (χ1v) is 9.73. The van der Waals surface area contributed by atoms with Gasteiger partial charge in [0.05, 0.1) is 23.7 Å². The van der Waals surface area contributed by atoms with E-state index in [1.807, 2.05) is 18.4 Å². The van der Waals surface area contributed by atoms with Gasteiger partial charge < -0.3 is 15.5 Å². The first kappa shape index (κ1) is 21.9. The molecule has 0 spiro atoms. The number of carbonyl (C=O) groups excluding carboxylic acids is 3. The number of rotatable bonds is 8. The lowest BCUT2D eigenvalue weighted by atomic mass is 10.2. The molecular weight excluding hydrogens is 396 g/mol. The lowest BCUT2D eigenvalue weighted by Crippen LogP contribution is -2.41. The predicted molar refractivity (Wildman–Crippen MR) is 110 cm³/mol. The minimum atomic E-state index is -0.617. The highest BCUT2D eigenvalue weighted by molar-refractivity contribution is 7.98. The Morgan fingerprint density at radius 3 is 2.55 bits per heavy atom. The van der Waals surface area contributed by atoms with Gasteiger partial charge in [-0.3, -0.25) is 24.5 Å². The third-order valence-electron chi connectivity index (χ3n) is 3.91. The van der Waals surface area contributed by atoms with Crippen molar-refractivity contribution in [2.45, 2.75) is 4.90 Å². The fraction of sp³-hybridized carbons (Fsp3) is 0.211. The summed E-state index contributed by atoms with van der Waals surface area (Å²) in [5, 5.41) is 15.9. The SMILES string of the molecule is CSc1ccccc1NC(=O)CN(C)C(=O)CNC(=O)c1cccc([N+](=O)[O-])c1. The average Bonchev–Trinajstić information content (AvgIpc) is 2.71. The van der Waals surface area contributed by atoms with Crippen LogP contribution in [0.5, 0.6) is 0 Å². The zero-order chi connectivity index (χ0) is 21.4. The summed E-state index contributed by atoms with van der Waals surface area (Å²) in [6.07, 6.45) is 1.89. The number of carbonyl (C=O) groups is 3. The van der Waals surface area contributed by atoms with Gasteiger partial charge in [0.2, 0.25) is 11.8 Å². The number of hydrogen-bond acceptors (Lipinski definition) is 6. The largest absolute Gasteiger partial charge is 0.343 e. The molecule has 2 aromatic carbocycles. The summed E-state index contributed by atoms with van der Waals surface area (Å²) in [5.41, 5.74) is 0.509. The van der Waals surface area contributed by atoms with Gasteiger partial charge in [0.15, 0.2) is 0 Å². The van der Waals surface area contributed by atoms with E-state index in [1.54, 1.807) is 12.1 Å². The molecule has 0 aliphatic carbocycles. The van der Waals surface area contributed by atoms with Crippen LogP contribution >= 0.6 is 11.8 Å². The van der Waals surface area contributed by atoms with Gasteiger partial charge in [-0.15, -0.1) is 11.8 Å². The molecule has 152 valence electrons. The van der Waals surface area contributed by atoms with Gasteiger partial charge in [0.25, 0.3) is 11.6 Å². The number of amides is 3. The molecule has 2 N–H and O–H groups in total. The maximum atomic E-state index is 12.2. The molecule has 0 radical (unpaired) electrons. The van der Waals surface area contributed by atoms with Crippen molar-refractivity contribution in [1.29, 1.82) is 0 Å². The molecule has 2 aromatic rings. The van der Waals surface area contributed by atoms with Gasteiger partial charge in [-0.25, -0.2) is 0 Å². The third-order valence-corrected chi connectivity index (χ3v) is 4.70. The van der Waals surface area contributed by atoms with E-state index in [9.17, 15) is 24.5 Å². The van der Waals surface area contributed by atoms with Crippen molar-refractivity contribution < 1.29 is 19.3 Å². The third kappa shape index (κ3) is 6.32. The monoisotopic (exact) mass is 416 g/mol. The van der Waals surface area contributed by atoms with E-state index in [4.69, 9.17) is 0 Å². The molecule has 29 heavy (non-hydrogen) atoms. The Hall–Kier alpha value is -3.40. The van der Waals surface area contributed by atoms with Gasteiger partial charge in [-0.2, -0.15) is 0 Å². The second-order valence-corrected chi connectivity index (χ2v) is 6.84. The molecule has 0 heterocycles. The number of hydrogen-bond donors (Lipinski definition) is 2. The van der Waals surface area contributed by atoms with Crippen LogP contribution in [0.4, 0.5) is 11.4 Å². The summed E-state index contributed by atoms with van der Waals surface area (Å²) in [4.78, 5) is 48.7. The highest BCUT2D eigenvalue weighted by Gasteiger charge is 2.16. The van der Waals surface area contributed by atoms with Crippen molar-refractivity contribution >= 4 is 40.9 Å². The molecule has 0 aliphatic rings. The zero-order valence-corrected chi connectivity index (χ0v) is 16.7. The number of nitro benzene ring substituents is 1. The predicted octanol–water partition coefficient (Wildman–Crippen LogP) is 2.14. The van der Waals surface area contributed by atoms with E-state index in [0.717, 1.165) is 11.0 Å². The van der Waals surface area contributed by atoms with E-state index in [0.29, 0.717) is 5.69 Å². The summed E-state index contributed by atoms with van der Waals surface area (Å²) >= 11 is 1.49. The minimum Gasteiger partial charge on any atom is -0.343 e. The van der Waals surface area contributed by atoms with Crippen LogP contribution in [0.2, 0.25) is 0 Å². The van der Waals surface area contributed by atoms with Crippen LogP contribution in [-0.4, -0.2) is 53.9 Å². The van der Waals surface area contributed by atoms with Crippen LogP contribution in [0.15, 0.2) is 53.4 Å². The second-order valence-electron chi connectivity index (χ2n) is 5.99. The summed E-state index contributed by atoms with van der Waals surface area (Å²) in [6, 6.07) is 12.5. The quantitative estimate of drug-likeness (QED) is 0.386. The number of nitrogens with one attached hydrogen (secondary N) is 2. The van der Waals surface area contributed by atoms with Crippen molar-refractivity contribution in [2.24, 2.45) is 0 Å². The lowest BCUT2D eigenvalue weighted by Gasteiger charge is -2.18. The van der Waals surface area contributed by atoms with E-state index in [-0.39, 0.29) is 30.2 Å². The van der Waals surface area contributed by atoms with Gasteiger partial charge in [-0.05, 0) is 24.5 Å². The van der Waals surface area contributed by atoms with Gasteiger partial charge in [0.1, 0.15) is 0 Å². The topological polar surface area (TPSA) is 122 Å². The molecule has 0 unspecified atom stereocenters. The van der Waals surface area contributed by atoms with Crippen LogP contribution in [0.25, 0.3) is 0 Å². The number of non-ortho nitro benzene ring substituents is 1. The smallest absolute Gasteiger partial charge is 0.270 e. The molecule has 0 saturated heterocycles. The maximum absolute atomic E-state index is 12.2. The Bertz CT molecular complexity index is 934. The minimum absolute atomic E-state index is 0.0704. The Balaban J connectivity index is 1.87. The molecule has 0 saturated carbocycles. The maximum Gasteiger partial charge on any atom is 0.270 e. The van der Waals surface area contributed by atoms with Crippen LogP contribution < -0.4 is 10.6 Å². The normalized spacial score (nSPS) is 10.1. The van der Waals surface area contributed by atoms with Crippen LogP contribution in [-0.2, 0) is 9.59 Å². The number of thioether (sulfide) groups is 1. The summed E-state index contributed by atoms with van der Waals surface area (Å²) in [5.74, 6) is -1.46. The molecule has 0 aliphatic heterocycles. The van der Waals surface area contributed by atoms with Gasteiger partial charge >= 0.3 is 0 Å². The van der Waals surface area contributed by atoms with E-state index in [2.05, 4.69) is 10.6 Å². The first-order valence-electron chi connectivity index (χ1n) is 8.51. The molecule has 0 atom stereocenters. The van der Waals surface area contributed by atoms with Crippen molar-refractivity contribution in [3.63, 3.8) is 0 Å². The number of nitro groups is 1. The van der Waals surface area contributed by atoms with E-state index < -0.39 is 16.7 Å². The highest BCUT2D eigenvalue weighted by Crippen LogP contribution is 2.24. The molecular formula is C19H20N4O5S. The molecule has 10 heteroatoms. The molecule has 2 rings (SSSR count). The van der Waals surface area contributed by atoms with Crippen LogP contribution in [0, 0.1) is 10.1 Å². The van der Waals surface area contributed by atoms with E-state index >= 15 is 0 Å². The molecule has 0 fully saturated rings. The molecule has 0 bridgehead atoms. The zero-order valence-electron chi connectivity index (χ0n) is 15.9. The first-order chi connectivity index (χ1) is 13.8. The fourth-order valence-electron chi connectivity index (χ4n) is 2.39. The standard InChI is InChI=1S/C19H20N4O5S/c1-22(12-17(24)21-15-8-3-4-9-16(15)29-2)18(25)11-20-19(26)13-6-5-7-14(10-13)23(27)28/h3-10H,11-12H2,1-2H3,(H,20,26)(H,21,24). The number of nitrogens with zero attached hydrogens (tertiary/aromatic N) is 2. The number of para-hydroxylation sites is 1. The highest BCUT2D eigenvalue weighted by atomic mass is 32.2. The number of benzene rings is 2. The Morgan fingerprint density at radius 2 is 1.86 bits per heavy atom. The van der Waals surface area contributed by atoms with Crippen LogP contribution in [0.3, 0.4) is 0 Å². The van der Waals surface area contributed by atoms with Gasteiger partial charge in [-0.1, -0.05) is 18.2 Å². The number of likely N-dealkylation sites (N-methyl/N-ethyl adjacent to an activating group) is 1. The summed E-state index contributed by atoms with van der Waals surface area (Å²) in [7, 11) is 1.45. The second kappa shape index (κ2) is 10.2. The number of anilines is 1. The average molecular weight is 416 g/mol. The van der Waals surface area contributed by atoms with Crippen molar-refractivity contribution in [3.05, 3.63) is 64.2 Å². The molecule has 0 aromatic heterocycles. The molecule has 3 amide bonds. The Morgan fingerprint density at radius 1 is 1.14 bits per heavy atom. The van der Waals surface area contributed by atoms with Crippen LogP contribution in [0.1, 0.15) is 10.4 Å². The fourth-order valence-corrected chi connectivity index (χ4v) is 2.95.